The summed E-state index contributed by atoms with van der Waals surface area (Å²) in [6, 6.07) is 0. The van der Waals surface area contributed by atoms with Crippen LogP contribution in [0.5, 0.6) is 0 Å². The lowest BCUT2D eigenvalue weighted by Gasteiger charge is -2.19. The number of hydrogen-bond acceptors (Lipinski definition) is 1. The molecule has 0 radical (unpaired) electrons. The van der Waals surface area contributed by atoms with Crippen LogP contribution in [0.3, 0.4) is 0 Å². The molecule has 0 aromatic rings. The number of hydrogen-bond donors (Lipinski definition) is 0. The van der Waals surface area contributed by atoms with E-state index in [2.05, 4.69) is 43.4 Å². The first-order valence-corrected chi connectivity index (χ1v) is 6.29. The monoisotopic (exact) mass is 284 g/mol. The van der Waals surface area contributed by atoms with Crippen LogP contribution in [-0.2, 0) is 4.74 Å². The number of unbranched alkanes of at least 4 members (excludes halogenated alkanes) is 3. The molecule has 0 unspecified atom stereocenters. The van der Waals surface area contributed by atoms with Gasteiger partial charge in [0.1, 0.15) is 0 Å². The Kier molecular flexibility index (Phi) is 7.54. The molecule has 0 saturated heterocycles. The fraction of sp³-hybridized carbons (Fsp3) is 1.00. The molecule has 74 valence electrons. The predicted molar refractivity (Wildman–Crippen MR) is 63.1 cm³/mol. The Labute approximate surface area is 90.4 Å². The summed E-state index contributed by atoms with van der Waals surface area (Å²) < 4.78 is 6.90. The second kappa shape index (κ2) is 7.13. The van der Waals surface area contributed by atoms with Gasteiger partial charge in [0, 0.05) is 6.61 Å². The van der Waals surface area contributed by atoms with Crippen LogP contribution in [0.1, 0.15) is 46.5 Å². The lowest BCUT2D eigenvalue weighted by Crippen LogP contribution is -2.19. The van der Waals surface area contributed by atoms with Crippen LogP contribution >= 0.6 is 22.6 Å². The molecule has 0 bridgehead atoms. The number of alkyl halides is 1. The smallest absolute Gasteiger partial charge is 0.0598 e. The molecule has 0 amide bonds. The van der Waals surface area contributed by atoms with E-state index in [1.54, 1.807) is 0 Å². The zero-order valence-corrected chi connectivity index (χ0v) is 10.7. The van der Waals surface area contributed by atoms with Crippen molar-refractivity contribution < 1.29 is 4.74 Å². The van der Waals surface area contributed by atoms with Crippen molar-refractivity contribution in [3.8, 4) is 0 Å². The van der Waals surface area contributed by atoms with Gasteiger partial charge in [0.25, 0.3) is 0 Å². The molecule has 0 aliphatic rings. The van der Waals surface area contributed by atoms with Gasteiger partial charge in [-0.25, -0.2) is 0 Å². The van der Waals surface area contributed by atoms with Crippen molar-refractivity contribution in [3.05, 3.63) is 0 Å². The van der Waals surface area contributed by atoms with E-state index < -0.39 is 0 Å². The molecule has 0 aromatic carbocycles. The standard InChI is InChI=1S/C10H21IO/c1-10(2,3)12-9-7-5-4-6-8-11/h4-9H2,1-3H3. The molecule has 2 heteroatoms. The highest BCUT2D eigenvalue weighted by Crippen LogP contribution is 2.09. The van der Waals surface area contributed by atoms with Gasteiger partial charge >= 0.3 is 0 Å². The summed E-state index contributed by atoms with van der Waals surface area (Å²) in [5.41, 5.74) is 0.0449. The summed E-state index contributed by atoms with van der Waals surface area (Å²) in [5.74, 6) is 0. The summed E-state index contributed by atoms with van der Waals surface area (Å²) in [4.78, 5) is 0. The van der Waals surface area contributed by atoms with Gasteiger partial charge in [-0.1, -0.05) is 35.4 Å². The molecule has 0 rings (SSSR count). The van der Waals surface area contributed by atoms with Crippen LogP contribution in [0.2, 0.25) is 0 Å². The van der Waals surface area contributed by atoms with Crippen molar-refractivity contribution in [2.75, 3.05) is 11.0 Å². The lowest BCUT2D eigenvalue weighted by atomic mass is 10.2. The summed E-state index contributed by atoms with van der Waals surface area (Å²) in [5, 5.41) is 0. The van der Waals surface area contributed by atoms with Crippen molar-refractivity contribution in [2.24, 2.45) is 0 Å². The molecule has 12 heavy (non-hydrogen) atoms. The average Bonchev–Trinajstić information content (AvgIpc) is 1.94. The third-order valence-corrected chi connectivity index (χ3v) is 2.33. The summed E-state index contributed by atoms with van der Waals surface area (Å²) in [7, 11) is 0. The molecule has 0 atom stereocenters. The molecule has 1 nitrogen and oxygen atoms in total. The molecule has 0 heterocycles. The van der Waals surface area contributed by atoms with Gasteiger partial charge in [0.15, 0.2) is 0 Å². The second-order valence-electron chi connectivity index (χ2n) is 4.06. The quantitative estimate of drug-likeness (QED) is 0.409. The van der Waals surface area contributed by atoms with Crippen molar-refractivity contribution in [3.63, 3.8) is 0 Å². The van der Waals surface area contributed by atoms with Crippen LogP contribution in [0, 0.1) is 0 Å². The largest absolute Gasteiger partial charge is 0.376 e. The number of rotatable bonds is 6. The molecule has 0 saturated carbocycles. The maximum absolute atomic E-state index is 5.61. The van der Waals surface area contributed by atoms with E-state index in [4.69, 9.17) is 4.74 Å². The van der Waals surface area contributed by atoms with E-state index in [0.717, 1.165) is 6.61 Å². The van der Waals surface area contributed by atoms with Crippen LogP contribution in [0.25, 0.3) is 0 Å². The van der Waals surface area contributed by atoms with Gasteiger partial charge in [-0.05, 0) is 38.0 Å². The van der Waals surface area contributed by atoms with Crippen molar-refractivity contribution in [1.82, 2.24) is 0 Å². The third-order valence-electron chi connectivity index (χ3n) is 1.56. The Morgan fingerprint density at radius 3 is 2.08 bits per heavy atom. The van der Waals surface area contributed by atoms with E-state index in [1.165, 1.54) is 30.1 Å². The summed E-state index contributed by atoms with van der Waals surface area (Å²) in [6.45, 7) is 7.25. The summed E-state index contributed by atoms with van der Waals surface area (Å²) >= 11 is 2.43. The average molecular weight is 284 g/mol. The van der Waals surface area contributed by atoms with E-state index in [1.807, 2.05) is 0 Å². The van der Waals surface area contributed by atoms with Crippen molar-refractivity contribution >= 4 is 22.6 Å². The fourth-order valence-corrected chi connectivity index (χ4v) is 1.47. The zero-order chi connectivity index (χ0) is 9.45. The molecule has 0 aromatic heterocycles. The van der Waals surface area contributed by atoms with E-state index in [9.17, 15) is 0 Å². The summed E-state index contributed by atoms with van der Waals surface area (Å²) in [6.07, 6.45) is 5.25. The molecule has 0 fully saturated rings. The Bertz CT molecular complexity index is 96.5. The maximum atomic E-state index is 5.61. The van der Waals surface area contributed by atoms with Gasteiger partial charge in [-0.2, -0.15) is 0 Å². The van der Waals surface area contributed by atoms with Crippen molar-refractivity contribution in [1.29, 1.82) is 0 Å². The first-order valence-electron chi connectivity index (χ1n) is 4.76. The van der Waals surface area contributed by atoms with Crippen LogP contribution in [0.15, 0.2) is 0 Å². The normalized spacial score (nSPS) is 12.0. The minimum atomic E-state index is 0.0449. The van der Waals surface area contributed by atoms with Gasteiger partial charge < -0.3 is 4.74 Å². The molecular formula is C10H21IO. The van der Waals surface area contributed by atoms with E-state index in [0.29, 0.717) is 0 Å². The van der Waals surface area contributed by atoms with Crippen molar-refractivity contribution in [2.45, 2.75) is 52.1 Å². The Hall–Kier alpha value is 0.690. The predicted octanol–water partition coefficient (Wildman–Crippen LogP) is 3.80. The minimum Gasteiger partial charge on any atom is -0.376 e. The molecular weight excluding hydrogens is 263 g/mol. The molecule has 0 spiro atoms. The molecule has 0 N–H and O–H groups in total. The van der Waals surface area contributed by atoms with Gasteiger partial charge in [0.2, 0.25) is 0 Å². The number of ether oxygens (including phenoxy) is 1. The Balaban J connectivity index is 3.01. The van der Waals surface area contributed by atoms with Crippen LogP contribution in [-0.4, -0.2) is 16.6 Å². The first-order chi connectivity index (χ1) is 5.56. The lowest BCUT2D eigenvalue weighted by molar-refractivity contribution is -0.00470. The Morgan fingerprint density at radius 1 is 1.00 bits per heavy atom. The van der Waals surface area contributed by atoms with Gasteiger partial charge in [0.05, 0.1) is 5.60 Å². The molecule has 0 aliphatic heterocycles. The van der Waals surface area contributed by atoms with Crippen LogP contribution in [0.4, 0.5) is 0 Å². The van der Waals surface area contributed by atoms with Crippen LogP contribution < -0.4 is 0 Å². The third kappa shape index (κ3) is 10.7. The maximum Gasteiger partial charge on any atom is 0.0598 e. The second-order valence-corrected chi connectivity index (χ2v) is 5.14. The first kappa shape index (κ1) is 12.7. The van der Waals surface area contributed by atoms with Gasteiger partial charge in [-0.3, -0.25) is 0 Å². The highest BCUT2D eigenvalue weighted by Gasteiger charge is 2.08. The van der Waals surface area contributed by atoms with E-state index in [-0.39, 0.29) is 5.60 Å². The number of halogens is 1. The minimum absolute atomic E-state index is 0.0449. The Morgan fingerprint density at radius 2 is 1.58 bits per heavy atom. The highest BCUT2D eigenvalue weighted by atomic mass is 127. The van der Waals surface area contributed by atoms with Gasteiger partial charge in [-0.15, -0.1) is 0 Å². The SMILES string of the molecule is CC(C)(C)OCCCCCCI. The fourth-order valence-electron chi connectivity index (χ4n) is 0.928. The highest BCUT2D eigenvalue weighted by molar-refractivity contribution is 14.1. The van der Waals surface area contributed by atoms with E-state index >= 15 is 0 Å². The topological polar surface area (TPSA) is 9.23 Å². The zero-order valence-electron chi connectivity index (χ0n) is 8.53. The molecule has 0 aliphatic carbocycles.